The first-order valence-electron chi connectivity index (χ1n) is 7.82. The lowest BCUT2D eigenvalue weighted by Gasteiger charge is -2.14. The molecule has 5 nitrogen and oxygen atoms in total. The molecule has 1 amide bonds. The molecule has 126 valence electrons. The summed E-state index contributed by atoms with van der Waals surface area (Å²) in [5, 5.41) is 12.2. The molecule has 0 saturated heterocycles. The molecule has 1 N–H and O–H groups in total. The van der Waals surface area contributed by atoms with Crippen molar-refractivity contribution in [3.05, 3.63) is 70.0 Å². The summed E-state index contributed by atoms with van der Waals surface area (Å²) in [6, 6.07) is 8.56. The summed E-state index contributed by atoms with van der Waals surface area (Å²) in [5.41, 5.74) is 2.00. The number of allylic oxidation sites excluding steroid dienone is 3. The number of ether oxygens (including phenoxy) is 1. The van der Waals surface area contributed by atoms with Crippen LogP contribution in [0.25, 0.3) is 0 Å². The number of methoxy groups -OCH3 is 1. The van der Waals surface area contributed by atoms with Crippen molar-refractivity contribution in [2.24, 2.45) is 0 Å². The van der Waals surface area contributed by atoms with Gasteiger partial charge in [0, 0.05) is 16.4 Å². The fraction of sp³-hybridized carbons (Fsp3) is 0.211. The van der Waals surface area contributed by atoms with E-state index in [9.17, 15) is 4.79 Å². The molecule has 0 aliphatic heterocycles. The number of anilines is 1. The van der Waals surface area contributed by atoms with E-state index < -0.39 is 0 Å². The van der Waals surface area contributed by atoms with Crippen LogP contribution in [0, 0.1) is 18.3 Å². The minimum absolute atomic E-state index is 0.190. The van der Waals surface area contributed by atoms with Crippen molar-refractivity contribution in [2.45, 2.75) is 19.3 Å². The maximum atomic E-state index is 12.3. The number of nitriles is 1. The Morgan fingerprint density at radius 2 is 2.16 bits per heavy atom. The molecule has 2 aromatic rings. The monoisotopic (exact) mass is 351 g/mol. The van der Waals surface area contributed by atoms with Crippen LogP contribution in [0.2, 0.25) is 0 Å². The number of hydrogen-bond acceptors (Lipinski definition) is 5. The van der Waals surface area contributed by atoms with Gasteiger partial charge in [0.05, 0.1) is 24.4 Å². The maximum Gasteiger partial charge on any atom is 0.257 e. The third-order valence-corrected chi connectivity index (χ3v) is 4.88. The number of rotatable bonds is 4. The zero-order valence-corrected chi connectivity index (χ0v) is 14.8. The van der Waals surface area contributed by atoms with Crippen molar-refractivity contribution in [1.29, 1.82) is 5.26 Å². The number of aromatic nitrogens is 1. The largest absolute Gasteiger partial charge is 0.497 e. The second kappa shape index (κ2) is 7.32. The topological polar surface area (TPSA) is 75.0 Å². The van der Waals surface area contributed by atoms with Crippen LogP contribution in [0.5, 0.6) is 0 Å². The predicted molar refractivity (Wildman–Crippen MR) is 97.6 cm³/mol. The molecular formula is C19H17N3O2S. The normalized spacial score (nSPS) is 16.0. The highest BCUT2D eigenvalue weighted by Gasteiger charge is 2.19. The van der Waals surface area contributed by atoms with E-state index >= 15 is 0 Å². The van der Waals surface area contributed by atoms with Gasteiger partial charge in [0.15, 0.2) is 5.13 Å². The molecule has 0 bridgehead atoms. The average molecular weight is 351 g/mol. The molecule has 0 fully saturated rings. The summed E-state index contributed by atoms with van der Waals surface area (Å²) in [6.07, 6.45) is 6.89. The molecule has 1 aliphatic carbocycles. The van der Waals surface area contributed by atoms with Crippen molar-refractivity contribution in [1.82, 2.24) is 4.98 Å². The Hall–Kier alpha value is -2.91. The highest BCUT2D eigenvalue weighted by Crippen LogP contribution is 2.33. The Balaban J connectivity index is 1.72. The molecule has 6 heteroatoms. The number of aryl methyl sites for hydroxylation is 1. The van der Waals surface area contributed by atoms with E-state index in [4.69, 9.17) is 10.00 Å². The Bertz CT molecular complexity index is 888. The van der Waals surface area contributed by atoms with Gasteiger partial charge in [-0.15, -0.1) is 11.3 Å². The predicted octanol–water partition coefficient (Wildman–Crippen LogP) is 4.15. The van der Waals surface area contributed by atoms with Gasteiger partial charge < -0.3 is 4.74 Å². The molecule has 0 saturated carbocycles. The number of carbonyl (C=O) groups excluding carboxylic acids is 1. The van der Waals surface area contributed by atoms with Gasteiger partial charge in [-0.2, -0.15) is 5.26 Å². The van der Waals surface area contributed by atoms with Crippen LogP contribution in [0.1, 0.15) is 38.8 Å². The number of amides is 1. The molecule has 25 heavy (non-hydrogen) atoms. The Morgan fingerprint density at radius 3 is 2.76 bits per heavy atom. The van der Waals surface area contributed by atoms with Gasteiger partial charge in [-0.25, -0.2) is 4.98 Å². The Kier molecular flexibility index (Phi) is 4.96. The summed E-state index contributed by atoms with van der Waals surface area (Å²) in [5.74, 6) is 0.819. The van der Waals surface area contributed by atoms with E-state index in [1.807, 2.05) is 25.1 Å². The van der Waals surface area contributed by atoms with E-state index in [1.165, 1.54) is 11.3 Å². The number of carbonyl (C=O) groups is 1. The fourth-order valence-corrected chi connectivity index (χ4v) is 3.51. The van der Waals surface area contributed by atoms with E-state index in [2.05, 4.69) is 16.4 Å². The molecule has 0 spiro atoms. The van der Waals surface area contributed by atoms with Crippen molar-refractivity contribution in [3.63, 3.8) is 0 Å². The van der Waals surface area contributed by atoms with Gasteiger partial charge in [0.1, 0.15) is 5.76 Å². The third-order valence-electron chi connectivity index (χ3n) is 3.98. The molecule has 3 rings (SSSR count). The minimum atomic E-state index is -0.231. The smallest absolute Gasteiger partial charge is 0.257 e. The molecule has 1 aromatic heterocycles. The summed E-state index contributed by atoms with van der Waals surface area (Å²) >= 11 is 1.46. The third kappa shape index (κ3) is 3.78. The first-order chi connectivity index (χ1) is 12.1. The summed E-state index contributed by atoms with van der Waals surface area (Å²) in [6.45, 7) is 2.01. The second-order valence-electron chi connectivity index (χ2n) is 5.62. The molecule has 1 aromatic carbocycles. The van der Waals surface area contributed by atoms with Gasteiger partial charge in [-0.1, -0.05) is 6.08 Å². The van der Waals surface area contributed by atoms with Gasteiger partial charge in [-0.3, -0.25) is 10.1 Å². The quantitative estimate of drug-likeness (QED) is 0.898. The average Bonchev–Trinajstić information content (AvgIpc) is 3.02. The molecule has 1 heterocycles. The number of benzene rings is 1. The van der Waals surface area contributed by atoms with Crippen molar-refractivity contribution in [3.8, 4) is 6.07 Å². The molecular weight excluding hydrogens is 334 g/mol. The minimum Gasteiger partial charge on any atom is -0.497 e. The summed E-state index contributed by atoms with van der Waals surface area (Å²) < 4.78 is 5.21. The fourth-order valence-electron chi connectivity index (χ4n) is 2.63. The van der Waals surface area contributed by atoms with Crippen molar-refractivity contribution in [2.75, 3.05) is 12.4 Å². The lowest BCUT2D eigenvalue weighted by atomic mass is 9.96. The number of thiazole rings is 1. The van der Waals surface area contributed by atoms with Crippen LogP contribution in [0.4, 0.5) is 5.13 Å². The van der Waals surface area contributed by atoms with Crippen molar-refractivity contribution >= 4 is 22.4 Å². The maximum absolute atomic E-state index is 12.3. The second-order valence-corrected chi connectivity index (χ2v) is 6.82. The SMILES string of the molecule is COC1=CCC(c2nc(NC(=O)c3ccc(C#N)cc3)sc2C)C=C1. The highest BCUT2D eigenvalue weighted by molar-refractivity contribution is 7.15. The van der Waals surface area contributed by atoms with Crippen LogP contribution < -0.4 is 5.32 Å². The van der Waals surface area contributed by atoms with Crippen LogP contribution in [-0.2, 0) is 4.74 Å². The first kappa shape index (κ1) is 16.9. The highest BCUT2D eigenvalue weighted by atomic mass is 32.1. The molecule has 1 unspecified atom stereocenters. The van der Waals surface area contributed by atoms with Gasteiger partial charge >= 0.3 is 0 Å². The standard InChI is InChI=1S/C19H17N3O2S/c1-12-17(14-7-9-16(24-2)10-8-14)21-19(25-12)22-18(23)15-5-3-13(11-20)4-6-15/h3-7,9-10,14H,8H2,1-2H3,(H,21,22,23). The van der Waals surface area contributed by atoms with Gasteiger partial charge in [0.25, 0.3) is 5.91 Å². The molecule has 1 aliphatic rings. The lowest BCUT2D eigenvalue weighted by Crippen LogP contribution is -2.11. The van der Waals surface area contributed by atoms with E-state index in [1.54, 1.807) is 31.4 Å². The zero-order valence-electron chi connectivity index (χ0n) is 13.9. The van der Waals surface area contributed by atoms with E-state index in [-0.39, 0.29) is 11.8 Å². The summed E-state index contributed by atoms with van der Waals surface area (Å²) in [7, 11) is 1.65. The Morgan fingerprint density at radius 1 is 1.40 bits per heavy atom. The van der Waals surface area contributed by atoms with E-state index in [0.717, 1.165) is 22.8 Å². The number of nitrogens with one attached hydrogen (secondary N) is 1. The first-order valence-corrected chi connectivity index (χ1v) is 8.63. The van der Waals surface area contributed by atoms with Crippen LogP contribution in [-0.4, -0.2) is 18.0 Å². The number of nitrogens with zero attached hydrogens (tertiary/aromatic N) is 2. The van der Waals surface area contributed by atoms with Gasteiger partial charge in [0.2, 0.25) is 0 Å². The van der Waals surface area contributed by atoms with Crippen LogP contribution in [0.15, 0.2) is 48.3 Å². The zero-order chi connectivity index (χ0) is 17.8. The van der Waals surface area contributed by atoms with E-state index in [0.29, 0.717) is 16.3 Å². The summed E-state index contributed by atoms with van der Waals surface area (Å²) in [4.78, 5) is 18.0. The molecule has 0 radical (unpaired) electrons. The number of hydrogen-bond donors (Lipinski definition) is 1. The lowest BCUT2D eigenvalue weighted by molar-refractivity contribution is 0.102. The van der Waals surface area contributed by atoms with Crippen LogP contribution >= 0.6 is 11.3 Å². The molecule has 1 atom stereocenters. The van der Waals surface area contributed by atoms with Gasteiger partial charge in [-0.05, 0) is 49.8 Å². The van der Waals surface area contributed by atoms with Crippen molar-refractivity contribution < 1.29 is 9.53 Å². The Labute approximate surface area is 150 Å². The van der Waals surface area contributed by atoms with Crippen LogP contribution in [0.3, 0.4) is 0 Å².